The van der Waals surface area contributed by atoms with Crippen LogP contribution in [0.5, 0.6) is 0 Å². The predicted octanol–water partition coefficient (Wildman–Crippen LogP) is 4.39. The van der Waals surface area contributed by atoms with Gasteiger partial charge in [0.1, 0.15) is 0 Å². The van der Waals surface area contributed by atoms with Gasteiger partial charge in [-0.1, -0.05) is 66.8 Å². The van der Waals surface area contributed by atoms with Crippen LogP contribution >= 0.6 is 0 Å². The number of benzene rings is 2. The number of carbonyl (C=O) groups is 1. The van der Waals surface area contributed by atoms with E-state index in [0.717, 1.165) is 48.8 Å². The molecule has 7 heteroatoms. The molecule has 3 rings (SSSR count). The van der Waals surface area contributed by atoms with Crippen molar-refractivity contribution in [2.24, 2.45) is 5.10 Å². The van der Waals surface area contributed by atoms with Gasteiger partial charge >= 0.3 is 0 Å². The van der Waals surface area contributed by atoms with E-state index < -0.39 is 15.9 Å². The van der Waals surface area contributed by atoms with Crippen LogP contribution in [0, 0.1) is 27.7 Å². The molecule has 0 unspecified atom stereocenters. The number of nitrogens with one attached hydrogen (secondary N) is 1. The first-order valence-corrected chi connectivity index (χ1v) is 12.6. The fraction of sp³-hybridized carbons (Fsp3) is 0.440. The predicted molar refractivity (Wildman–Crippen MR) is 128 cm³/mol. The van der Waals surface area contributed by atoms with Crippen molar-refractivity contribution in [2.45, 2.75) is 70.7 Å². The van der Waals surface area contributed by atoms with E-state index in [2.05, 4.69) is 10.5 Å². The van der Waals surface area contributed by atoms with Gasteiger partial charge in [-0.2, -0.15) is 9.41 Å². The van der Waals surface area contributed by atoms with Crippen molar-refractivity contribution in [1.29, 1.82) is 0 Å². The van der Waals surface area contributed by atoms with Crippen LogP contribution in [0.1, 0.15) is 59.9 Å². The second kappa shape index (κ2) is 10.4. The molecule has 2 aromatic carbocycles. The summed E-state index contributed by atoms with van der Waals surface area (Å²) in [6.07, 6.45) is 6.13. The highest BCUT2D eigenvalue weighted by atomic mass is 32.2. The largest absolute Gasteiger partial charge is 0.272 e. The quantitative estimate of drug-likeness (QED) is 0.497. The summed E-state index contributed by atoms with van der Waals surface area (Å²) < 4.78 is 28.9. The molecule has 0 radical (unpaired) electrons. The van der Waals surface area contributed by atoms with Gasteiger partial charge in [-0.05, 0) is 57.2 Å². The average molecular weight is 456 g/mol. The Balaban J connectivity index is 1.83. The van der Waals surface area contributed by atoms with E-state index >= 15 is 0 Å². The van der Waals surface area contributed by atoms with Crippen LogP contribution in [0.4, 0.5) is 0 Å². The number of carbonyl (C=O) groups excluding carboxylic acids is 1. The third kappa shape index (κ3) is 5.84. The summed E-state index contributed by atoms with van der Waals surface area (Å²) in [7, 11) is -3.84. The fourth-order valence-electron chi connectivity index (χ4n) is 4.48. The van der Waals surface area contributed by atoms with Gasteiger partial charge in [-0.25, -0.2) is 13.8 Å². The minimum Gasteiger partial charge on any atom is -0.272 e. The van der Waals surface area contributed by atoms with Crippen molar-refractivity contribution in [2.75, 3.05) is 6.54 Å². The maximum atomic E-state index is 13.8. The summed E-state index contributed by atoms with van der Waals surface area (Å²) in [5, 5.41) is 4.02. The summed E-state index contributed by atoms with van der Waals surface area (Å²) in [5.74, 6) is -0.440. The molecule has 0 saturated heterocycles. The van der Waals surface area contributed by atoms with Crippen LogP contribution in [0.15, 0.2) is 46.4 Å². The highest BCUT2D eigenvalue weighted by molar-refractivity contribution is 7.89. The van der Waals surface area contributed by atoms with Crippen molar-refractivity contribution >= 4 is 22.1 Å². The van der Waals surface area contributed by atoms with Gasteiger partial charge in [0.15, 0.2) is 0 Å². The zero-order chi connectivity index (χ0) is 23.3. The first-order valence-electron chi connectivity index (χ1n) is 11.2. The normalized spacial score (nSPS) is 15.4. The van der Waals surface area contributed by atoms with Gasteiger partial charge in [0.25, 0.3) is 5.91 Å². The lowest BCUT2D eigenvalue weighted by Crippen LogP contribution is -2.46. The molecule has 172 valence electrons. The Labute approximate surface area is 191 Å². The second-order valence-electron chi connectivity index (χ2n) is 8.77. The van der Waals surface area contributed by atoms with E-state index in [-0.39, 0.29) is 12.6 Å². The SMILES string of the molecule is Cc1ccc(C=NNC(=O)CN(C2CCCCC2)S(=O)(=O)c2c(C)cc(C)cc2C)cc1. The van der Waals surface area contributed by atoms with E-state index in [9.17, 15) is 13.2 Å². The standard InChI is InChI=1S/C25H33N3O3S/c1-18-10-12-22(13-11-18)16-26-27-24(29)17-28(23-8-6-5-7-9-23)32(30,31)25-20(3)14-19(2)15-21(25)4/h10-16,23H,5-9,17H2,1-4H3,(H,27,29). The lowest BCUT2D eigenvalue weighted by Gasteiger charge is -2.33. The van der Waals surface area contributed by atoms with Crippen LogP contribution in [0.2, 0.25) is 0 Å². The molecule has 0 aromatic heterocycles. The Morgan fingerprint density at radius 2 is 1.59 bits per heavy atom. The topological polar surface area (TPSA) is 78.8 Å². The number of sulfonamides is 1. The molecule has 1 fully saturated rings. The molecule has 1 amide bonds. The first kappa shape index (κ1) is 24.1. The van der Waals surface area contributed by atoms with Crippen LogP contribution in [-0.4, -0.2) is 37.4 Å². The molecule has 0 atom stereocenters. The van der Waals surface area contributed by atoms with Gasteiger partial charge in [-0.3, -0.25) is 4.79 Å². The molecule has 1 aliphatic rings. The monoisotopic (exact) mass is 455 g/mol. The third-order valence-corrected chi connectivity index (χ3v) is 8.14. The Morgan fingerprint density at radius 3 is 2.19 bits per heavy atom. The third-order valence-electron chi connectivity index (χ3n) is 5.93. The van der Waals surface area contributed by atoms with E-state index in [1.807, 2.05) is 64.1 Å². The summed E-state index contributed by atoms with van der Waals surface area (Å²) in [6, 6.07) is 11.3. The van der Waals surface area contributed by atoms with E-state index in [1.54, 1.807) is 6.21 Å². The molecule has 32 heavy (non-hydrogen) atoms. The zero-order valence-electron chi connectivity index (χ0n) is 19.4. The molecule has 0 spiro atoms. The van der Waals surface area contributed by atoms with E-state index in [1.165, 1.54) is 4.31 Å². The number of hydrazone groups is 1. The molecule has 0 aliphatic heterocycles. The van der Waals surface area contributed by atoms with Crippen molar-refractivity contribution in [1.82, 2.24) is 9.73 Å². The molecule has 6 nitrogen and oxygen atoms in total. The smallest absolute Gasteiger partial charge is 0.255 e. The summed E-state index contributed by atoms with van der Waals surface area (Å²) in [6.45, 7) is 7.34. The van der Waals surface area contributed by atoms with Crippen LogP contribution < -0.4 is 5.43 Å². The minimum atomic E-state index is -3.84. The molecule has 1 aliphatic carbocycles. The van der Waals surface area contributed by atoms with E-state index in [0.29, 0.717) is 16.0 Å². The van der Waals surface area contributed by atoms with Gasteiger partial charge in [-0.15, -0.1) is 0 Å². The molecular weight excluding hydrogens is 422 g/mol. The molecule has 0 heterocycles. The van der Waals surface area contributed by atoms with Crippen LogP contribution in [0.3, 0.4) is 0 Å². The van der Waals surface area contributed by atoms with Crippen LogP contribution in [-0.2, 0) is 14.8 Å². The lowest BCUT2D eigenvalue weighted by atomic mass is 9.95. The number of aryl methyl sites for hydroxylation is 4. The highest BCUT2D eigenvalue weighted by Crippen LogP contribution is 2.31. The van der Waals surface area contributed by atoms with Crippen molar-refractivity contribution in [3.8, 4) is 0 Å². The van der Waals surface area contributed by atoms with Gasteiger partial charge in [0.05, 0.1) is 17.7 Å². The van der Waals surface area contributed by atoms with Gasteiger partial charge in [0.2, 0.25) is 10.0 Å². The maximum Gasteiger partial charge on any atom is 0.255 e. The second-order valence-corrected chi connectivity index (χ2v) is 10.6. The number of hydrogen-bond acceptors (Lipinski definition) is 4. The molecule has 1 N–H and O–H groups in total. The Bertz CT molecular complexity index is 1060. The van der Waals surface area contributed by atoms with Gasteiger partial charge < -0.3 is 0 Å². The Kier molecular flexibility index (Phi) is 7.85. The molecule has 1 saturated carbocycles. The van der Waals surface area contributed by atoms with E-state index in [4.69, 9.17) is 0 Å². The number of nitrogens with zero attached hydrogens (tertiary/aromatic N) is 2. The summed E-state index contributed by atoms with van der Waals surface area (Å²) in [4.78, 5) is 13.0. The Morgan fingerprint density at radius 1 is 1.00 bits per heavy atom. The fourth-order valence-corrected chi connectivity index (χ4v) is 6.54. The average Bonchev–Trinajstić information content (AvgIpc) is 2.73. The number of amides is 1. The maximum absolute atomic E-state index is 13.8. The molecule has 0 bridgehead atoms. The number of hydrogen-bond donors (Lipinski definition) is 1. The van der Waals surface area contributed by atoms with Gasteiger partial charge in [0, 0.05) is 6.04 Å². The lowest BCUT2D eigenvalue weighted by molar-refractivity contribution is -0.121. The summed E-state index contributed by atoms with van der Waals surface area (Å²) in [5.41, 5.74) is 6.94. The van der Waals surface area contributed by atoms with Crippen molar-refractivity contribution in [3.05, 3.63) is 64.2 Å². The highest BCUT2D eigenvalue weighted by Gasteiger charge is 2.35. The first-order chi connectivity index (χ1) is 15.2. The number of rotatable bonds is 7. The minimum absolute atomic E-state index is 0.180. The zero-order valence-corrected chi connectivity index (χ0v) is 20.2. The van der Waals surface area contributed by atoms with Crippen LogP contribution in [0.25, 0.3) is 0 Å². The van der Waals surface area contributed by atoms with Crippen molar-refractivity contribution in [3.63, 3.8) is 0 Å². The van der Waals surface area contributed by atoms with Crippen molar-refractivity contribution < 1.29 is 13.2 Å². The summed E-state index contributed by atoms with van der Waals surface area (Å²) >= 11 is 0. The Hall–Kier alpha value is -2.51. The molecular formula is C25H33N3O3S. The molecule has 2 aromatic rings.